The van der Waals surface area contributed by atoms with E-state index in [9.17, 15) is 4.79 Å². The van der Waals surface area contributed by atoms with E-state index < -0.39 is 0 Å². The highest BCUT2D eigenvalue weighted by atomic mass is 35.5. The summed E-state index contributed by atoms with van der Waals surface area (Å²) in [5.74, 6) is 1.09. The van der Waals surface area contributed by atoms with Crippen LogP contribution in [-0.2, 0) is 11.3 Å². The molecule has 132 valence electrons. The van der Waals surface area contributed by atoms with Crippen molar-refractivity contribution in [3.8, 4) is 0 Å². The van der Waals surface area contributed by atoms with E-state index in [1.807, 2.05) is 40.2 Å². The third-order valence-electron chi connectivity index (χ3n) is 5.25. The molecule has 2 atom stereocenters. The maximum absolute atomic E-state index is 12.8. The van der Waals surface area contributed by atoms with Crippen LogP contribution in [0.5, 0.6) is 0 Å². The second kappa shape index (κ2) is 6.57. The molecule has 0 radical (unpaired) electrons. The normalized spacial score (nSPS) is 21.1. The summed E-state index contributed by atoms with van der Waals surface area (Å²) in [5.41, 5.74) is 2.41. The Morgan fingerprint density at radius 1 is 0.923 bits per heavy atom. The Labute approximate surface area is 158 Å². The SMILES string of the molecule is O=C1CC[n+]2cnn3c2N1C(c1ccccc1)CC3c1ccccc1.[Cl-]. The van der Waals surface area contributed by atoms with Gasteiger partial charge in [-0.25, -0.2) is 9.47 Å². The van der Waals surface area contributed by atoms with Crippen molar-refractivity contribution in [3.05, 3.63) is 78.1 Å². The lowest BCUT2D eigenvalue weighted by Gasteiger charge is -2.36. The van der Waals surface area contributed by atoms with Crippen molar-refractivity contribution < 1.29 is 21.8 Å². The number of nitrogens with zero attached hydrogens (tertiary/aromatic N) is 4. The fourth-order valence-electron chi connectivity index (χ4n) is 4.07. The van der Waals surface area contributed by atoms with Gasteiger partial charge in [-0.15, -0.1) is 4.68 Å². The molecular weight excluding hydrogens is 348 g/mol. The third-order valence-corrected chi connectivity index (χ3v) is 5.25. The molecule has 0 fully saturated rings. The summed E-state index contributed by atoms with van der Waals surface area (Å²) < 4.78 is 4.12. The van der Waals surface area contributed by atoms with Gasteiger partial charge in [0.2, 0.25) is 6.33 Å². The van der Waals surface area contributed by atoms with Gasteiger partial charge in [0.05, 0.1) is 13.0 Å². The largest absolute Gasteiger partial charge is 1.00 e. The molecule has 3 heterocycles. The van der Waals surface area contributed by atoms with E-state index in [4.69, 9.17) is 0 Å². The van der Waals surface area contributed by atoms with Gasteiger partial charge in [-0.3, -0.25) is 4.79 Å². The summed E-state index contributed by atoms with van der Waals surface area (Å²) >= 11 is 0. The average molecular weight is 367 g/mol. The molecule has 5 rings (SSSR count). The van der Waals surface area contributed by atoms with Gasteiger partial charge in [0, 0.05) is 6.42 Å². The van der Waals surface area contributed by atoms with Crippen LogP contribution in [0.2, 0.25) is 0 Å². The molecule has 2 aliphatic heterocycles. The number of anilines is 1. The summed E-state index contributed by atoms with van der Waals surface area (Å²) in [5, 5.41) is 4.62. The van der Waals surface area contributed by atoms with Crippen LogP contribution in [0.15, 0.2) is 67.0 Å². The first kappa shape index (κ1) is 16.8. The zero-order valence-electron chi connectivity index (χ0n) is 14.2. The molecule has 5 nitrogen and oxygen atoms in total. The van der Waals surface area contributed by atoms with E-state index in [0.717, 1.165) is 12.4 Å². The van der Waals surface area contributed by atoms with Crippen molar-refractivity contribution in [2.45, 2.75) is 31.5 Å². The van der Waals surface area contributed by atoms with E-state index in [1.165, 1.54) is 11.1 Å². The van der Waals surface area contributed by atoms with Crippen molar-refractivity contribution in [2.75, 3.05) is 4.90 Å². The van der Waals surface area contributed by atoms with Crippen LogP contribution in [0.25, 0.3) is 0 Å². The Bertz CT molecular complexity index is 925. The predicted octanol–water partition coefficient (Wildman–Crippen LogP) is -0.354. The van der Waals surface area contributed by atoms with Gasteiger partial charge in [-0.05, 0) is 16.2 Å². The molecule has 2 aliphatic rings. The Morgan fingerprint density at radius 2 is 1.54 bits per heavy atom. The van der Waals surface area contributed by atoms with E-state index in [2.05, 4.69) is 46.1 Å². The number of aromatic nitrogens is 3. The molecule has 0 N–H and O–H groups in total. The third kappa shape index (κ3) is 2.51. The molecule has 0 bridgehead atoms. The van der Waals surface area contributed by atoms with E-state index in [1.54, 1.807) is 0 Å². The zero-order chi connectivity index (χ0) is 16.8. The monoisotopic (exact) mass is 366 g/mol. The van der Waals surface area contributed by atoms with Gasteiger partial charge in [0.15, 0.2) is 0 Å². The standard InChI is InChI=1S/C20H19N4O.ClH/c25-19-11-12-22-14-21-24-18(16-9-5-2-6-10-16)13-17(23(19)20(22)24)15-7-3-1-4-8-15;/h1-10,14,17-18H,11-13H2;1H/q+1;/p-1. The molecule has 0 spiro atoms. The fraction of sp³-hybridized carbons (Fsp3) is 0.250. The number of carbonyl (C=O) groups is 1. The smallest absolute Gasteiger partial charge is 0.355 e. The lowest BCUT2D eigenvalue weighted by molar-refractivity contribution is -0.686. The van der Waals surface area contributed by atoms with Crippen molar-refractivity contribution >= 4 is 11.9 Å². The van der Waals surface area contributed by atoms with Gasteiger partial charge >= 0.3 is 5.95 Å². The summed E-state index contributed by atoms with van der Waals surface area (Å²) in [4.78, 5) is 14.7. The minimum atomic E-state index is 0. The van der Waals surface area contributed by atoms with Crippen molar-refractivity contribution in [1.82, 2.24) is 9.78 Å². The van der Waals surface area contributed by atoms with E-state index in [-0.39, 0.29) is 30.4 Å². The maximum Gasteiger partial charge on any atom is 0.355 e. The number of rotatable bonds is 2. The van der Waals surface area contributed by atoms with Crippen molar-refractivity contribution in [2.24, 2.45) is 0 Å². The zero-order valence-corrected chi connectivity index (χ0v) is 15.0. The van der Waals surface area contributed by atoms with Gasteiger partial charge in [0.25, 0.3) is 5.91 Å². The Kier molecular flexibility index (Phi) is 4.24. The molecule has 6 heteroatoms. The minimum absolute atomic E-state index is 0. The van der Waals surface area contributed by atoms with Crippen LogP contribution < -0.4 is 21.9 Å². The summed E-state index contributed by atoms with van der Waals surface area (Å²) in [7, 11) is 0. The van der Waals surface area contributed by atoms with Crippen LogP contribution in [0, 0.1) is 0 Å². The van der Waals surface area contributed by atoms with Gasteiger partial charge in [-0.2, -0.15) is 0 Å². The summed E-state index contributed by atoms with van der Waals surface area (Å²) in [6.45, 7) is 0.702. The molecule has 1 aromatic heterocycles. The highest BCUT2D eigenvalue weighted by Gasteiger charge is 2.47. The van der Waals surface area contributed by atoms with Crippen LogP contribution >= 0.6 is 0 Å². The molecule has 0 saturated carbocycles. The van der Waals surface area contributed by atoms with Crippen LogP contribution in [0.1, 0.15) is 36.1 Å². The number of halogens is 1. The number of hydrogen-bond acceptors (Lipinski definition) is 2. The molecule has 0 saturated heterocycles. The molecule has 2 unspecified atom stereocenters. The minimum Gasteiger partial charge on any atom is -1.00 e. The molecule has 1 amide bonds. The first-order valence-electron chi connectivity index (χ1n) is 8.72. The lowest BCUT2D eigenvalue weighted by atomic mass is 9.91. The van der Waals surface area contributed by atoms with Gasteiger partial charge in [0.1, 0.15) is 12.1 Å². The molecule has 26 heavy (non-hydrogen) atoms. The highest BCUT2D eigenvalue weighted by molar-refractivity contribution is 5.92. The number of benzene rings is 2. The molecule has 3 aromatic rings. The molecular formula is C20H19ClN4O. The highest BCUT2D eigenvalue weighted by Crippen LogP contribution is 2.42. The lowest BCUT2D eigenvalue weighted by Crippen LogP contribution is -3.00. The number of carbonyl (C=O) groups excluding carboxylic acids is 1. The van der Waals surface area contributed by atoms with Crippen LogP contribution in [0.4, 0.5) is 5.95 Å². The predicted molar refractivity (Wildman–Crippen MR) is 92.9 cm³/mol. The van der Waals surface area contributed by atoms with Crippen molar-refractivity contribution in [1.29, 1.82) is 0 Å². The Hall–Kier alpha value is -2.66. The Balaban J connectivity index is 0.00000168. The van der Waals surface area contributed by atoms with Gasteiger partial charge < -0.3 is 12.4 Å². The first-order chi connectivity index (χ1) is 12.3. The topological polar surface area (TPSA) is 42.0 Å². The maximum atomic E-state index is 12.8. The number of hydrogen-bond donors (Lipinski definition) is 0. The van der Waals surface area contributed by atoms with Crippen LogP contribution in [0.3, 0.4) is 0 Å². The fourth-order valence-corrected chi connectivity index (χ4v) is 4.07. The van der Waals surface area contributed by atoms with E-state index in [0.29, 0.717) is 13.0 Å². The molecule has 0 aliphatic carbocycles. The second-order valence-electron chi connectivity index (χ2n) is 6.67. The summed E-state index contributed by atoms with van der Waals surface area (Å²) in [6.07, 6.45) is 3.22. The quantitative estimate of drug-likeness (QED) is 0.582. The number of aryl methyl sites for hydroxylation is 1. The molecule has 2 aromatic carbocycles. The summed E-state index contributed by atoms with van der Waals surface area (Å²) in [6, 6.07) is 20.9. The van der Waals surface area contributed by atoms with E-state index >= 15 is 0 Å². The number of amides is 1. The van der Waals surface area contributed by atoms with Crippen molar-refractivity contribution in [3.63, 3.8) is 0 Å². The average Bonchev–Trinajstić information content (AvgIpc) is 3.10. The van der Waals surface area contributed by atoms with Crippen LogP contribution in [-0.4, -0.2) is 15.7 Å². The first-order valence-corrected chi connectivity index (χ1v) is 8.72. The van der Waals surface area contributed by atoms with Gasteiger partial charge in [-0.1, -0.05) is 60.7 Å². The Morgan fingerprint density at radius 3 is 2.19 bits per heavy atom. The second-order valence-corrected chi connectivity index (χ2v) is 6.67.